The molecular formula is C16H30O. The van der Waals surface area contributed by atoms with Gasteiger partial charge in [-0.05, 0) is 56.3 Å². The van der Waals surface area contributed by atoms with E-state index in [1.54, 1.807) is 0 Å². The maximum atomic E-state index is 11.0. The average Bonchev–Trinajstić information content (AvgIpc) is 2.33. The van der Waals surface area contributed by atoms with Crippen LogP contribution in [0.3, 0.4) is 0 Å². The highest BCUT2D eigenvalue weighted by Gasteiger charge is 2.42. The van der Waals surface area contributed by atoms with Crippen LogP contribution in [-0.4, -0.2) is 10.7 Å². The summed E-state index contributed by atoms with van der Waals surface area (Å²) in [5.74, 6) is 2.77. The zero-order valence-corrected chi connectivity index (χ0v) is 11.9. The minimum Gasteiger partial charge on any atom is -0.390 e. The molecule has 0 saturated heterocycles. The van der Waals surface area contributed by atoms with E-state index in [4.69, 9.17) is 0 Å². The summed E-state index contributed by atoms with van der Waals surface area (Å²) < 4.78 is 0. The fourth-order valence-corrected chi connectivity index (χ4v) is 4.10. The van der Waals surface area contributed by atoms with Crippen LogP contribution < -0.4 is 0 Å². The third kappa shape index (κ3) is 2.86. The van der Waals surface area contributed by atoms with Crippen molar-refractivity contribution in [2.24, 2.45) is 23.7 Å². The van der Waals surface area contributed by atoms with Crippen LogP contribution in [0.4, 0.5) is 0 Å². The summed E-state index contributed by atoms with van der Waals surface area (Å²) in [6, 6.07) is 0. The lowest BCUT2D eigenvalue weighted by Gasteiger charge is -2.45. The van der Waals surface area contributed by atoms with Gasteiger partial charge in [0.05, 0.1) is 5.60 Å². The van der Waals surface area contributed by atoms with E-state index in [1.165, 1.54) is 51.4 Å². The monoisotopic (exact) mass is 238 g/mol. The molecule has 4 atom stereocenters. The molecule has 1 N–H and O–H groups in total. The van der Waals surface area contributed by atoms with Crippen molar-refractivity contribution >= 4 is 0 Å². The van der Waals surface area contributed by atoms with Crippen molar-refractivity contribution in [2.75, 3.05) is 0 Å². The van der Waals surface area contributed by atoms with Gasteiger partial charge in [0.1, 0.15) is 0 Å². The van der Waals surface area contributed by atoms with Crippen LogP contribution in [0.15, 0.2) is 0 Å². The van der Waals surface area contributed by atoms with Crippen LogP contribution in [0.1, 0.15) is 72.1 Å². The summed E-state index contributed by atoms with van der Waals surface area (Å²) >= 11 is 0. The molecule has 100 valence electrons. The molecule has 2 fully saturated rings. The van der Waals surface area contributed by atoms with E-state index in [1.807, 2.05) is 0 Å². The molecule has 2 rings (SSSR count). The summed E-state index contributed by atoms with van der Waals surface area (Å²) in [4.78, 5) is 0. The zero-order chi connectivity index (χ0) is 12.5. The molecule has 4 unspecified atom stereocenters. The third-order valence-corrected chi connectivity index (χ3v) is 5.86. The van der Waals surface area contributed by atoms with Gasteiger partial charge in [-0.25, -0.2) is 0 Å². The molecule has 1 nitrogen and oxygen atoms in total. The number of aliphatic hydroxyl groups is 1. The van der Waals surface area contributed by atoms with Gasteiger partial charge < -0.3 is 5.11 Å². The quantitative estimate of drug-likeness (QED) is 0.756. The molecule has 0 aromatic heterocycles. The molecule has 0 spiro atoms. The average molecular weight is 238 g/mol. The molecule has 0 aromatic carbocycles. The van der Waals surface area contributed by atoms with Crippen LogP contribution in [0.5, 0.6) is 0 Å². The van der Waals surface area contributed by atoms with E-state index in [0.29, 0.717) is 11.8 Å². The Labute approximate surface area is 107 Å². The first-order valence-electron chi connectivity index (χ1n) is 7.74. The maximum Gasteiger partial charge on any atom is 0.0675 e. The van der Waals surface area contributed by atoms with Crippen LogP contribution in [-0.2, 0) is 0 Å². The first kappa shape index (κ1) is 13.4. The van der Waals surface area contributed by atoms with E-state index in [-0.39, 0.29) is 0 Å². The smallest absolute Gasteiger partial charge is 0.0675 e. The number of hydrogen-bond donors (Lipinski definition) is 1. The summed E-state index contributed by atoms with van der Waals surface area (Å²) in [5.41, 5.74) is -0.394. The highest BCUT2D eigenvalue weighted by molar-refractivity contribution is 4.93. The lowest BCUT2D eigenvalue weighted by atomic mass is 9.64. The summed E-state index contributed by atoms with van der Waals surface area (Å²) in [6.07, 6.45) is 10.4. The van der Waals surface area contributed by atoms with Crippen LogP contribution in [0.2, 0.25) is 0 Å². The molecular weight excluding hydrogens is 208 g/mol. The Morgan fingerprint density at radius 1 is 0.824 bits per heavy atom. The van der Waals surface area contributed by atoms with E-state index >= 15 is 0 Å². The first-order chi connectivity index (χ1) is 8.01. The lowest BCUT2D eigenvalue weighted by Crippen LogP contribution is -2.45. The van der Waals surface area contributed by atoms with Gasteiger partial charge in [0.2, 0.25) is 0 Å². The van der Waals surface area contributed by atoms with E-state index in [2.05, 4.69) is 20.8 Å². The van der Waals surface area contributed by atoms with E-state index in [9.17, 15) is 5.11 Å². The topological polar surface area (TPSA) is 20.2 Å². The summed E-state index contributed by atoms with van der Waals surface area (Å²) in [6.45, 7) is 6.88. The number of rotatable bonds is 2. The van der Waals surface area contributed by atoms with Crippen molar-refractivity contribution in [3.63, 3.8) is 0 Å². The van der Waals surface area contributed by atoms with Gasteiger partial charge >= 0.3 is 0 Å². The Balaban J connectivity index is 1.99. The van der Waals surface area contributed by atoms with Crippen molar-refractivity contribution in [2.45, 2.75) is 77.7 Å². The zero-order valence-electron chi connectivity index (χ0n) is 11.9. The maximum absolute atomic E-state index is 11.0. The number of hydrogen-bond acceptors (Lipinski definition) is 1. The van der Waals surface area contributed by atoms with Gasteiger partial charge in [-0.1, -0.05) is 39.5 Å². The molecule has 0 aromatic rings. The normalized spacial score (nSPS) is 39.9. The molecule has 0 aliphatic heterocycles. The van der Waals surface area contributed by atoms with Gasteiger partial charge in [-0.15, -0.1) is 0 Å². The second-order valence-electron chi connectivity index (χ2n) is 7.03. The molecule has 0 bridgehead atoms. The SMILES string of the molecule is CC1CCC(C(C)(O)C2CCCCC2)CC1C. The third-order valence-electron chi connectivity index (χ3n) is 5.86. The standard InChI is InChI=1S/C16H30O/c1-12-9-10-15(11-13(12)2)16(3,17)14-7-5-4-6-8-14/h12-15,17H,4-11H2,1-3H3. The summed E-state index contributed by atoms with van der Waals surface area (Å²) in [5, 5.41) is 11.0. The predicted molar refractivity (Wildman–Crippen MR) is 72.9 cm³/mol. The fourth-order valence-electron chi connectivity index (χ4n) is 4.10. The van der Waals surface area contributed by atoms with E-state index in [0.717, 1.165) is 11.8 Å². The van der Waals surface area contributed by atoms with Crippen molar-refractivity contribution in [1.29, 1.82) is 0 Å². The minimum absolute atomic E-state index is 0.394. The van der Waals surface area contributed by atoms with Crippen LogP contribution >= 0.6 is 0 Å². The Morgan fingerprint density at radius 3 is 2.06 bits per heavy atom. The second kappa shape index (κ2) is 5.30. The summed E-state index contributed by atoms with van der Waals surface area (Å²) in [7, 11) is 0. The van der Waals surface area contributed by atoms with Crippen molar-refractivity contribution in [3.05, 3.63) is 0 Å². The Bertz CT molecular complexity index is 240. The first-order valence-corrected chi connectivity index (χ1v) is 7.74. The van der Waals surface area contributed by atoms with Gasteiger partial charge in [-0.2, -0.15) is 0 Å². The minimum atomic E-state index is -0.394. The molecule has 2 aliphatic carbocycles. The second-order valence-corrected chi connectivity index (χ2v) is 7.03. The molecule has 2 aliphatic rings. The Hall–Kier alpha value is -0.0400. The van der Waals surface area contributed by atoms with Gasteiger partial charge in [0.25, 0.3) is 0 Å². The van der Waals surface area contributed by atoms with Gasteiger partial charge in [0, 0.05) is 0 Å². The molecule has 17 heavy (non-hydrogen) atoms. The predicted octanol–water partition coefficient (Wildman–Crippen LogP) is 4.39. The van der Waals surface area contributed by atoms with Gasteiger partial charge in [-0.3, -0.25) is 0 Å². The Kier molecular flexibility index (Phi) is 4.18. The fraction of sp³-hybridized carbons (Fsp3) is 1.00. The molecule has 0 amide bonds. The van der Waals surface area contributed by atoms with Crippen molar-refractivity contribution < 1.29 is 5.11 Å². The lowest BCUT2D eigenvalue weighted by molar-refractivity contribution is -0.0866. The Morgan fingerprint density at radius 2 is 1.47 bits per heavy atom. The van der Waals surface area contributed by atoms with E-state index < -0.39 is 5.60 Å². The van der Waals surface area contributed by atoms with Crippen molar-refractivity contribution in [1.82, 2.24) is 0 Å². The van der Waals surface area contributed by atoms with Crippen LogP contribution in [0, 0.1) is 23.7 Å². The van der Waals surface area contributed by atoms with Crippen LogP contribution in [0.25, 0.3) is 0 Å². The highest BCUT2D eigenvalue weighted by atomic mass is 16.3. The van der Waals surface area contributed by atoms with Crippen molar-refractivity contribution in [3.8, 4) is 0 Å². The highest BCUT2D eigenvalue weighted by Crippen LogP contribution is 2.45. The van der Waals surface area contributed by atoms with Gasteiger partial charge in [0.15, 0.2) is 0 Å². The molecule has 0 radical (unpaired) electrons. The molecule has 1 heteroatoms. The molecule has 0 heterocycles. The molecule has 2 saturated carbocycles. The largest absolute Gasteiger partial charge is 0.390 e.